The zero-order chi connectivity index (χ0) is 9.73. The van der Waals surface area contributed by atoms with E-state index in [2.05, 4.69) is 19.2 Å². The molecule has 0 bridgehead atoms. The molecule has 1 saturated heterocycles. The second-order valence-corrected chi connectivity index (χ2v) is 3.89. The lowest BCUT2D eigenvalue weighted by Crippen LogP contribution is -2.59. The van der Waals surface area contributed by atoms with E-state index in [-0.39, 0.29) is 5.54 Å². The van der Waals surface area contributed by atoms with Gasteiger partial charge in [-0.1, -0.05) is 13.8 Å². The average Bonchev–Trinajstić information content (AvgIpc) is 2.30. The molecule has 4 heteroatoms. The lowest BCUT2D eigenvalue weighted by atomic mass is 10.0. The van der Waals surface area contributed by atoms with Crippen LogP contribution in [-0.4, -0.2) is 44.6 Å². The van der Waals surface area contributed by atoms with E-state index < -0.39 is 0 Å². The van der Waals surface area contributed by atoms with Crippen molar-refractivity contribution < 1.29 is 9.47 Å². The summed E-state index contributed by atoms with van der Waals surface area (Å²) >= 11 is 0. The van der Waals surface area contributed by atoms with Gasteiger partial charge in [0.1, 0.15) is 0 Å². The summed E-state index contributed by atoms with van der Waals surface area (Å²) in [7, 11) is 0. The van der Waals surface area contributed by atoms with Gasteiger partial charge in [0.15, 0.2) is 0 Å². The number of nitrogens with one attached hydrogen (secondary N) is 1. The molecule has 1 aliphatic heterocycles. The molecule has 4 nitrogen and oxygen atoms in total. The van der Waals surface area contributed by atoms with Crippen molar-refractivity contribution in [2.45, 2.75) is 25.4 Å². The summed E-state index contributed by atoms with van der Waals surface area (Å²) in [6.07, 6.45) is 0. The van der Waals surface area contributed by atoms with Crippen LogP contribution in [0.15, 0.2) is 0 Å². The van der Waals surface area contributed by atoms with Gasteiger partial charge in [0.2, 0.25) is 0 Å². The summed E-state index contributed by atoms with van der Waals surface area (Å²) < 4.78 is 10.9. The van der Waals surface area contributed by atoms with Gasteiger partial charge in [-0.25, -0.2) is 0 Å². The van der Waals surface area contributed by atoms with Crippen LogP contribution in [0.5, 0.6) is 0 Å². The van der Waals surface area contributed by atoms with Crippen LogP contribution >= 0.6 is 0 Å². The van der Waals surface area contributed by atoms with E-state index in [4.69, 9.17) is 15.2 Å². The van der Waals surface area contributed by atoms with Crippen LogP contribution in [0, 0.1) is 0 Å². The molecular weight excluding hydrogens is 168 g/mol. The summed E-state index contributed by atoms with van der Waals surface area (Å²) in [4.78, 5) is 0. The molecule has 1 rings (SSSR count). The summed E-state index contributed by atoms with van der Waals surface area (Å²) in [6.45, 7) is 7.36. The van der Waals surface area contributed by atoms with E-state index in [0.29, 0.717) is 39.0 Å². The summed E-state index contributed by atoms with van der Waals surface area (Å²) in [5.41, 5.74) is 5.54. The minimum absolute atomic E-state index is 0.190. The summed E-state index contributed by atoms with van der Waals surface area (Å²) in [5.74, 6) is 0. The Morgan fingerprint density at radius 1 is 1.31 bits per heavy atom. The predicted molar refractivity (Wildman–Crippen MR) is 51.7 cm³/mol. The highest BCUT2D eigenvalue weighted by Gasteiger charge is 2.31. The van der Waals surface area contributed by atoms with Crippen molar-refractivity contribution in [3.05, 3.63) is 0 Å². The first kappa shape index (κ1) is 10.9. The second kappa shape index (κ2) is 4.91. The van der Waals surface area contributed by atoms with Gasteiger partial charge >= 0.3 is 0 Å². The van der Waals surface area contributed by atoms with Crippen molar-refractivity contribution in [3.63, 3.8) is 0 Å². The second-order valence-electron chi connectivity index (χ2n) is 3.89. The maximum absolute atomic E-state index is 5.73. The molecule has 0 aromatic rings. The number of nitrogens with two attached hydrogens (primary N) is 1. The zero-order valence-corrected chi connectivity index (χ0v) is 8.51. The third-order valence-corrected chi connectivity index (χ3v) is 2.11. The molecule has 0 radical (unpaired) electrons. The first-order valence-electron chi connectivity index (χ1n) is 4.82. The Labute approximate surface area is 79.8 Å². The van der Waals surface area contributed by atoms with Gasteiger partial charge in [0.05, 0.1) is 32.0 Å². The number of rotatable bonds is 3. The maximum atomic E-state index is 5.73. The zero-order valence-electron chi connectivity index (χ0n) is 8.51. The van der Waals surface area contributed by atoms with Gasteiger partial charge in [-0.3, -0.25) is 0 Å². The van der Waals surface area contributed by atoms with E-state index in [1.54, 1.807) is 0 Å². The fourth-order valence-electron chi connectivity index (χ4n) is 1.57. The van der Waals surface area contributed by atoms with Crippen LogP contribution in [0.4, 0.5) is 0 Å². The van der Waals surface area contributed by atoms with Gasteiger partial charge in [-0.15, -0.1) is 0 Å². The Morgan fingerprint density at radius 3 is 2.23 bits per heavy atom. The number of hydrogen-bond donors (Lipinski definition) is 2. The summed E-state index contributed by atoms with van der Waals surface area (Å²) in [6, 6.07) is 0.397. The van der Waals surface area contributed by atoms with E-state index >= 15 is 0 Å². The molecule has 0 amide bonds. The van der Waals surface area contributed by atoms with Crippen LogP contribution in [-0.2, 0) is 9.47 Å². The molecular formula is C9H20N2O2. The van der Waals surface area contributed by atoms with Crippen molar-refractivity contribution >= 4 is 0 Å². The van der Waals surface area contributed by atoms with Gasteiger partial charge < -0.3 is 20.5 Å². The maximum Gasteiger partial charge on any atom is 0.0779 e. The molecule has 1 fully saturated rings. The van der Waals surface area contributed by atoms with E-state index in [1.165, 1.54) is 0 Å². The van der Waals surface area contributed by atoms with Crippen LogP contribution in [0.2, 0.25) is 0 Å². The molecule has 0 aromatic heterocycles. The van der Waals surface area contributed by atoms with Gasteiger partial charge in [0, 0.05) is 12.6 Å². The van der Waals surface area contributed by atoms with Crippen molar-refractivity contribution in [1.82, 2.24) is 5.32 Å². The standard InChI is InChI=1S/C9H20N2O2/c1-8(2)11-9(5-10)6-12-3-4-13-7-9/h8,11H,3-7,10H2,1-2H3. The first-order chi connectivity index (χ1) is 6.18. The molecule has 1 heterocycles. The number of hydrogen-bond acceptors (Lipinski definition) is 4. The molecule has 0 aromatic carbocycles. The van der Waals surface area contributed by atoms with Gasteiger partial charge in [0.25, 0.3) is 0 Å². The monoisotopic (exact) mass is 188 g/mol. The van der Waals surface area contributed by atoms with Gasteiger partial charge in [-0.2, -0.15) is 0 Å². The quantitative estimate of drug-likeness (QED) is 0.640. The fraction of sp³-hybridized carbons (Fsp3) is 1.00. The van der Waals surface area contributed by atoms with Crippen LogP contribution in [0.1, 0.15) is 13.8 Å². The van der Waals surface area contributed by atoms with Crippen molar-refractivity contribution in [1.29, 1.82) is 0 Å². The molecule has 1 aliphatic rings. The third-order valence-electron chi connectivity index (χ3n) is 2.11. The van der Waals surface area contributed by atoms with Crippen LogP contribution in [0.3, 0.4) is 0 Å². The topological polar surface area (TPSA) is 56.5 Å². The highest BCUT2D eigenvalue weighted by atomic mass is 16.5. The number of ether oxygens (including phenoxy) is 2. The van der Waals surface area contributed by atoms with E-state index in [0.717, 1.165) is 0 Å². The molecule has 0 saturated carbocycles. The smallest absolute Gasteiger partial charge is 0.0779 e. The summed E-state index contributed by atoms with van der Waals surface area (Å²) in [5, 5.41) is 3.41. The van der Waals surface area contributed by atoms with Crippen molar-refractivity contribution in [2.75, 3.05) is 33.0 Å². The Balaban J connectivity index is 2.53. The van der Waals surface area contributed by atoms with Crippen molar-refractivity contribution in [2.24, 2.45) is 5.73 Å². The Kier molecular flexibility index (Phi) is 4.12. The Morgan fingerprint density at radius 2 is 1.85 bits per heavy atom. The Bertz CT molecular complexity index is 143. The fourth-order valence-corrected chi connectivity index (χ4v) is 1.57. The average molecular weight is 188 g/mol. The predicted octanol–water partition coefficient (Wildman–Crippen LogP) is -0.271. The minimum Gasteiger partial charge on any atom is -0.377 e. The normalized spacial score (nSPS) is 23.1. The molecule has 0 atom stereocenters. The Hall–Kier alpha value is -0.160. The molecule has 0 aliphatic carbocycles. The largest absolute Gasteiger partial charge is 0.377 e. The lowest BCUT2D eigenvalue weighted by Gasteiger charge is -2.33. The molecule has 3 N–H and O–H groups in total. The van der Waals surface area contributed by atoms with E-state index in [1.807, 2.05) is 0 Å². The molecule has 0 spiro atoms. The highest BCUT2D eigenvalue weighted by molar-refractivity contribution is 4.91. The molecule has 13 heavy (non-hydrogen) atoms. The first-order valence-corrected chi connectivity index (χ1v) is 4.82. The van der Waals surface area contributed by atoms with Crippen LogP contribution < -0.4 is 11.1 Å². The van der Waals surface area contributed by atoms with E-state index in [9.17, 15) is 0 Å². The minimum atomic E-state index is -0.190. The van der Waals surface area contributed by atoms with Gasteiger partial charge in [-0.05, 0) is 0 Å². The van der Waals surface area contributed by atoms with Crippen LogP contribution in [0.25, 0.3) is 0 Å². The highest BCUT2D eigenvalue weighted by Crippen LogP contribution is 2.09. The van der Waals surface area contributed by atoms with Crippen molar-refractivity contribution in [3.8, 4) is 0 Å². The molecule has 78 valence electrons. The third kappa shape index (κ3) is 3.23. The lowest BCUT2D eigenvalue weighted by molar-refractivity contribution is 0.0853. The molecule has 0 unspecified atom stereocenters. The SMILES string of the molecule is CC(C)NC1(CN)COCCOC1.